The summed E-state index contributed by atoms with van der Waals surface area (Å²) in [6.07, 6.45) is 5.93. The summed E-state index contributed by atoms with van der Waals surface area (Å²) in [5, 5.41) is 5.66. The van der Waals surface area contributed by atoms with Crippen LogP contribution in [0.4, 0.5) is 9.59 Å². The first kappa shape index (κ1) is 48.5. The number of amides is 4. The second-order valence-electron chi connectivity index (χ2n) is 20.9. The second kappa shape index (κ2) is 20.3. The third-order valence-electron chi connectivity index (χ3n) is 15.6. The van der Waals surface area contributed by atoms with Gasteiger partial charge in [0.2, 0.25) is 11.8 Å². The minimum absolute atomic E-state index is 0.147. The highest BCUT2D eigenvalue weighted by Gasteiger charge is 2.45. The van der Waals surface area contributed by atoms with Gasteiger partial charge >= 0.3 is 12.2 Å². The number of aromatic nitrogens is 4. The summed E-state index contributed by atoms with van der Waals surface area (Å²) in [4.78, 5) is 77.3. The summed E-state index contributed by atoms with van der Waals surface area (Å²) < 4.78 is 11.0. The van der Waals surface area contributed by atoms with Gasteiger partial charge in [-0.05, 0) is 133 Å². The van der Waals surface area contributed by atoms with E-state index in [0.29, 0.717) is 36.7 Å². The Morgan fingerprint density at radius 1 is 0.581 bits per heavy atom. The molecule has 4 N–H and O–H groups in total. The number of hydrogen-bond donors (Lipinski definition) is 4. The number of benzene rings is 5. The number of nitrogens with one attached hydrogen (secondary N) is 4. The summed E-state index contributed by atoms with van der Waals surface area (Å²) in [7, 11) is 2.25. The highest BCUT2D eigenvalue weighted by molar-refractivity contribution is 5.89. The van der Waals surface area contributed by atoms with Gasteiger partial charge in [-0.15, -0.1) is 0 Å². The lowest BCUT2D eigenvalue weighted by atomic mass is 9.81. The quantitative estimate of drug-likeness (QED) is 0.0875. The molecule has 15 heteroatoms. The molecule has 2 bridgehead atoms. The predicted molar refractivity (Wildman–Crippen MR) is 283 cm³/mol. The van der Waals surface area contributed by atoms with Crippen LogP contribution >= 0.6 is 0 Å². The highest BCUT2D eigenvalue weighted by atomic mass is 16.6. The Morgan fingerprint density at radius 3 is 1.62 bits per heavy atom. The van der Waals surface area contributed by atoms with Gasteiger partial charge in [-0.3, -0.25) is 14.5 Å². The Bertz CT molecular complexity index is 3210. The fraction of sp³-hybridized carbons (Fsp3) is 0.356. The molecule has 4 aliphatic rings. The Balaban J connectivity index is 0.802. The molecule has 15 nitrogen and oxygen atoms in total. The van der Waals surface area contributed by atoms with E-state index in [1.165, 1.54) is 22.3 Å². The molecule has 5 aromatic carbocycles. The number of para-hydroxylation sites is 2. The first-order valence-corrected chi connectivity index (χ1v) is 26.1. The molecule has 3 fully saturated rings. The summed E-state index contributed by atoms with van der Waals surface area (Å²) in [5.74, 6) is 1.68. The van der Waals surface area contributed by atoms with Crippen molar-refractivity contribution in [1.29, 1.82) is 0 Å². The van der Waals surface area contributed by atoms with Crippen molar-refractivity contribution in [1.82, 2.24) is 45.3 Å². The first-order valence-electron chi connectivity index (χ1n) is 26.1. The van der Waals surface area contributed by atoms with Crippen molar-refractivity contribution in [2.24, 2.45) is 11.8 Å². The van der Waals surface area contributed by atoms with Crippen molar-refractivity contribution in [3.05, 3.63) is 144 Å². The third-order valence-corrected chi connectivity index (χ3v) is 15.6. The van der Waals surface area contributed by atoms with Crippen molar-refractivity contribution in [2.75, 3.05) is 20.1 Å². The smallest absolute Gasteiger partial charge is 0.410 e. The van der Waals surface area contributed by atoms with E-state index in [1.54, 1.807) is 48.5 Å². The average Bonchev–Trinajstić information content (AvgIpc) is 4.29. The van der Waals surface area contributed by atoms with Gasteiger partial charge < -0.3 is 39.9 Å². The Hall–Kier alpha value is -7.78. The van der Waals surface area contributed by atoms with Crippen LogP contribution in [0.5, 0.6) is 11.5 Å². The van der Waals surface area contributed by atoms with Gasteiger partial charge in [0.1, 0.15) is 35.2 Å². The number of likely N-dealkylation sites (tertiary alicyclic amines) is 2. The number of carbonyl (C=O) groups excluding carboxylic acids is 4. The number of fused-ring (bicyclic) bond motifs is 6. The molecule has 2 aromatic heterocycles. The molecule has 2 unspecified atom stereocenters. The molecule has 11 rings (SSSR count). The highest BCUT2D eigenvalue weighted by Crippen LogP contribution is 2.57. The van der Waals surface area contributed by atoms with Crippen LogP contribution < -0.4 is 20.1 Å². The number of hydrogen-bond acceptors (Lipinski definition) is 9. The molecule has 0 spiro atoms. The standard InChI is InChI=1S/C59H63N9O6/c1-34(2)52(64-58(71)73-39-14-8-6-9-15-39)56(69)67-30-12-18-48(67)54-60-33-45(63-54)37-22-20-36(21-23-37)41-25-26-42(51-47-29-28-46(50(41)51)66(47)5)38-24-27-43-44(32-38)62-55(61-43)49-19-13-31-68(49)57(70)53(35(3)4)65-59(72)74-40-16-10-7-11-17-40/h6-11,14-17,20-27,32-35,46-49,52-53H,12-13,18-19,28-31H2,1-5H3,(H,60,63)(H,61,62)(H,64,71)(H,65,72)/t46?,47?,48-,49-,52-,53-/m0/s1. The molecular formula is C59H63N9O6. The Morgan fingerprint density at radius 2 is 1.08 bits per heavy atom. The molecule has 0 radical (unpaired) electrons. The molecule has 6 atom stereocenters. The maximum atomic E-state index is 14.2. The average molecular weight is 994 g/mol. The van der Waals surface area contributed by atoms with E-state index >= 15 is 0 Å². The zero-order valence-corrected chi connectivity index (χ0v) is 42.5. The molecular weight excluding hydrogens is 931 g/mol. The summed E-state index contributed by atoms with van der Waals surface area (Å²) >= 11 is 0. The van der Waals surface area contributed by atoms with E-state index in [2.05, 4.69) is 87.1 Å². The first-order chi connectivity index (χ1) is 35.9. The van der Waals surface area contributed by atoms with Crippen molar-refractivity contribution >= 4 is 35.0 Å². The van der Waals surface area contributed by atoms with Crippen molar-refractivity contribution < 1.29 is 28.7 Å². The summed E-state index contributed by atoms with van der Waals surface area (Å²) in [5.41, 5.74) is 11.1. The second-order valence-corrected chi connectivity index (χ2v) is 20.9. The SMILES string of the molecule is CC(C)[C@H](NC(=O)Oc1ccccc1)C(=O)N1CCC[C@H]1c1ncc(-c2ccc(-c3ccc(-c4ccc5nc([C@@H]6CCCN6C(=O)[C@@H](NC(=O)Oc6ccccc6)C(C)C)[nH]c5c4)c4c3C3CCC4N3C)cc2)[nH]1. The molecule has 3 saturated heterocycles. The number of carbonyl (C=O) groups is 4. The van der Waals surface area contributed by atoms with E-state index in [9.17, 15) is 19.2 Å². The molecule has 4 amide bonds. The summed E-state index contributed by atoms with van der Waals surface area (Å²) in [6, 6.07) is 36.0. The Labute approximate surface area is 431 Å². The van der Waals surface area contributed by atoms with E-state index in [0.717, 1.165) is 83.6 Å². The zero-order chi connectivity index (χ0) is 51.2. The number of ether oxygens (including phenoxy) is 2. The van der Waals surface area contributed by atoms with Crippen molar-refractivity contribution in [3.8, 4) is 45.0 Å². The van der Waals surface area contributed by atoms with Crippen LogP contribution in [0.3, 0.4) is 0 Å². The fourth-order valence-corrected chi connectivity index (χ4v) is 11.8. The maximum absolute atomic E-state index is 14.2. The van der Waals surface area contributed by atoms with E-state index in [-0.39, 0.29) is 35.7 Å². The van der Waals surface area contributed by atoms with Gasteiger partial charge in [0, 0.05) is 25.2 Å². The van der Waals surface area contributed by atoms with Crippen LogP contribution in [0.25, 0.3) is 44.5 Å². The molecule has 380 valence electrons. The third kappa shape index (κ3) is 9.29. The van der Waals surface area contributed by atoms with Gasteiger partial charge in [0.25, 0.3) is 0 Å². The van der Waals surface area contributed by atoms with Crippen LogP contribution in [-0.2, 0) is 9.59 Å². The van der Waals surface area contributed by atoms with E-state index < -0.39 is 24.3 Å². The maximum Gasteiger partial charge on any atom is 0.413 e. The minimum atomic E-state index is -0.758. The van der Waals surface area contributed by atoms with Gasteiger partial charge in [0.05, 0.1) is 35.0 Å². The molecule has 6 heterocycles. The molecule has 74 heavy (non-hydrogen) atoms. The van der Waals surface area contributed by atoms with Crippen molar-refractivity contribution in [2.45, 2.75) is 102 Å². The number of aromatic amines is 2. The summed E-state index contributed by atoms with van der Waals surface area (Å²) in [6.45, 7) is 8.84. The normalized spacial score (nSPS) is 20.0. The number of rotatable bonds is 13. The van der Waals surface area contributed by atoms with Gasteiger partial charge in [-0.2, -0.15) is 0 Å². The topological polar surface area (TPSA) is 178 Å². The number of imidazole rings is 2. The molecule has 0 saturated carbocycles. The molecule has 0 aliphatic carbocycles. The van der Waals surface area contributed by atoms with E-state index in [4.69, 9.17) is 19.4 Å². The fourth-order valence-electron chi connectivity index (χ4n) is 11.8. The van der Waals surface area contributed by atoms with Crippen LogP contribution in [0, 0.1) is 11.8 Å². The van der Waals surface area contributed by atoms with Crippen molar-refractivity contribution in [3.63, 3.8) is 0 Å². The molecule has 7 aromatic rings. The largest absolute Gasteiger partial charge is 0.413 e. The van der Waals surface area contributed by atoms with Crippen LogP contribution in [0.15, 0.2) is 121 Å². The van der Waals surface area contributed by atoms with Crippen LogP contribution in [0.2, 0.25) is 0 Å². The number of H-pyrrole nitrogens is 2. The number of nitrogens with zero attached hydrogens (tertiary/aromatic N) is 5. The monoisotopic (exact) mass is 993 g/mol. The minimum Gasteiger partial charge on any atom is -0.410 e. The van der Waals surface area contributed by atoms with Crippen LogP contribution in [-0.4, -0.2) is 90.9 Å². The predicted octanol–water partition coefficient (Wildman–Crippen LogP) is 11.1. The van der Waals surface area contributed by atoms with Gasteiger partial charge in [-0.1, -0.05) is 107 Å². The van der Waals surface area contributed by atoms with Gasteiger partial charge in [-0.25, -0.2) is 19.6 Å². The zero-order valence-electron chi connectivity index (χ0n) is 42.5. The van der Waals surface area contributed by atoms with Crippen LogP contribution in [0.1, 0.15) is 113 Å². The lowest BCUT2D eigenvalue weighted by Gasteiger charge is -2.30. The van der Waals surface area contributed by atoms with Gasteiger partial charge in [0.15, 0.2) is 0 Å². The lowest BCUT2D eigenvalue weighted by molar-refractivity contribution is -0.136. The molecule has 4 aliphatic heterocycles. The lowest BCUT2D eigenvalue weighted by Crippen LogP contribution is -2.51. The Kier molecular flexibility index (Phi) is 13.3. The van der Waals surface area contributed by atoms with E-state index in [1.807, 2.05) is 55.8 Å².